The number of nitrogens with zero attached hydrogens (tertiary/aromatic N) is 1. The first-order chi connectivity index (χ1) is 13.6. The smallest absolute Gasteiger partial charge is 0.258 e. The molecular weight excluding hydrogens is 356 g/mol. The zero-order valence-corrected chi connectivity index (χ0v) is 16.1. The molecule has 0 saturated carbocycles. The highest BCUT2D eigenvalue weighted by Crippen LogP contribution is 2.34. The maximum absolute atomic E-state index is 12.4. The number of rotatable bonds is 6. The van der Waals surface area contributed by atoms with E-state index in [0.29, 0.717) is 30.3 Å². The quantitative estimate of drug-likeness (QED) is 0.828. The molecule has 1 amide bonds. The van der Waals surface area contributed by atoms with Gasteiger partial charge in [-0.2, -0.15) is 5.26 Å². The molecule has 2 aromatic rings. The third-order valence-electron chi connectivity index (χ3n) is 4.47. The van der Waals surface area contributed by atoms with Crippen LogP contribution in [0.1, 0.15) is 37.4 Å². The first-order valence-electron chi connectivity index (χ1n) is 9.38. The van der Waals surface area contributed by atoms with Gasteiger partial charge < -0.3 is 19.5 Å². The van der Waals surface area contributed by atoms with Gasteiger partial charge in [-0.15, -0.1) is 0 Å². The van der Waals surface area contributed by atoms with Gasteiger partial charge in [0.2, 0.25) is 0 Å². The highest BCUT2D eigenvalue weighted by atomic mass is 16.5. The maximum atomic E-state index is 12.4. The molecule has 3 rings (SSSR count). The van der Waals surface area contributed by atoms with Crippen molar-refractivity contribution in [1.82, 2.24) is 5.32 Å². The van der Waals surface area contributed by atoms with Crippen molar-refractivity contribution in [3.63, 3.8) is 0 Å². The van der Waals surface area contributed by atoms with Crippen LogP contribution in [0.4, 0.5) is 0 Å². The molecule has 146 valence electrons. The van der Waals surface area contributed by atoms with Crippen LogP contribution >= 0.6 is 0 Å². The van der Waals surface area contributed by atoms with Crippen LogP contribution in [0.25, 0.3) is 0 Å². The predicted octanol–water partition coefficient (Wildman–Crippen LogP) is 3.61. The summed E-state index contributed by atoms with van der Waals surface area (Å²) in [4.78, 5) is 12.4. The fraction of sp³-hybridized carbons (Fsp3) is 0.364. The molecule has 0 radical (unpaired) electrons. The molecule has 0 bridgehead atoms. The summed E-state index contributed by atoms with van der Waals surface area (Å²) >= 11 is 0. The minimum atomic E-state index is -0.213. The zero-order chi connectivity index (χ0) is 19.9. The van der Waals surface area contributed by atoms with Gasteiger partial charge >= 0.3 is 0 Å². The number of hydrogen-bond acceptors (Lipinski definition) is 5. The lowest BCUT2D eigenvalue weighted by Crippen LogP contribution is -2.35. The van der Waals surface area contributed by atoms with Crippen LogP contribution in [-0.4, -0.2) is 25.7 Å². The second kappa shape index (κ2) is 9.14. The number of nitriles is 1. The first-order valence-corrected chi connectivity index (χ1v) is 9.38. The second-order valence-corrected chi connectivity index (χ2v) is 6.97. The Morgan fingerprint density at radius 1 is 1.14 bits per heavy atom. The minimum Gasteiger partial charge on any atom is -0.490 e. The summed E-state index contributed by atoms with van der Waals surface area (Å²) in [5.41, 5.74) is 1.51. The normalized spacial score (nSPS) is 13.9. The van der Waals surface area contributed by atoms with E-state index >= 15 is 0 Å². The van der Waals surface area contributed by atoms with Gasteiger partial charge in [0, 0.05) is 6.42 Å². The Balaban J connectivity index is 1.64. The lowest BCUT2D eigenvalue weighted by molar-refractivity contribution is -0.124. The van der Waals surface area contributed by atoms with Crippen molar-refractivity contribution in [2.45, 2.75) is 26.3 Å². The molecule has 1 aliphatic heterocycles. The molecule has 0 spiro atoms. The van der Waals surface area contributed by atoms with Gasteiger partial charge in [-0.3, -0.25) is 4.79 Å². The molecular formula is C22H24N2O4. The molecule has 0 aromatic heterocycles. The number of hydrogen-bond donors (Lipinski definition) is 1. The largest absolute Gasteiger partial charge is 0.490 e. The number of benzene rings is 2. The average Bonchev–Trinajstić information content (AvgIpc) is 2.95. The number of fused-ring (bicyclic) bond motifs is 1. The molecule has 0 saturated heterocycles. The SMILES string of the molecule is CC(C)[C@H](NC(=O)COc1ccc(C#N)cc1)c1ccc2c(c1)OCCCO2. The lowest BCUT2D eigenvalue weighted by Gasteiger charge is -2.24. The van der Waals surface area contributed by atoms with E-state index in [0.717, 1.165) is 17.7 Å². The van der Waals surface area contributed by atoms with Gasteiger partial charge in [-0.25, -0.2) is 0 Å². The topological polar surface area (TPSA) is 80.6 Å². The Morgan fingerprint density at radius 2 is 1.86 bits per heavy atom. The summed E-state index contributed by atoms with van der Waals surface area (Å²) < 4.78 is 17.0. The third-order valence-corrected chi connectivity index (χ3v) is 4.47. The number of ether oxygens (including phenoxy) is 3. The standard InChI is InChI=1S/C22H24N2O4/c1-15(2)22(17-6-9-19-20(12-17)27-11-3-10-26-19)24-21(25)14-28-18-7-4-16(13-23)5-8-18/h4-9,12,15,22H,3,10-11,14H2,1-2H3,(H,24,25)/t22-/m0/s1. The van der Waals surface area contributed by atoms with E-state index < -0.39 is 0 Å². The third kappa shape index (κ3) is 4.95. The Hall–Kier alpha value is -3.20. The average molecular weight is 380 g/mol. The van der Waals surface area contributed by atoms with E-state index in [1.807, 2.05) is 24.3 Å². The molecule has 0 aliphatic carbocycles. The van der Waals surface area contributed by atoms with Gasteiger partial charge in [0.1, 0.15) is 5.75 Å². The number of carbonyl (C=O) groups excluding carboxylic acids is 1. The van der Waals surface area contributed by atoms with Gasteiger partial charge in [0.15, 0.2) is 18.1 Å². The molecule has 0 unspecified atom stereocenters. The van der Waals surface area contributed by atoms with Crippen molar-refractivity contribution in [2.75, 3.05) is 19.8 Å². The molecule has 0 fully saturated rings. The Labute approximate surface area is 165 Å². The van der Waals surface area contributed by atoms with Crippen LogP contribution < -0.4 is 19.5 Å². The van der Waals surface area contributed by atoms with E-state index in [1.54, 1.807) is 24.3 Å². The van der Waals surface area contributed by atoms with Crippen molar-refractivity contribution in [3.8, 4) is 23.3 Å². The summed E-state index contributed by atoms with van der Waals surface area (Å²) in [6.07, 6.45) is 0.848. The molecule has 1 aliphatic rings. The minimum absolute atomic E-state index is 0.0975. The Morgan fingerprint density at radius 3 is 2.54 bits per heavy atom. The van der Waals surface area contributed by atoms with E-state index in [-0.39, 0.29) is 24.5 Å². The Bertz CT molecular complexity index is 856. The second-order valence-electron chi connectivity index (χ2n) is 6.97. The highest BCUT2D eigenvalue weighted by molar-refractivity contribution is 5.78. The van der Waals surface area contributed by atoms with Gasteiger partial charge in [0.25, 0.3) is 5.91 Å². The molecule has 1 N–H and O–H groups in total. The molecule has 2 aromatic carbocycles. The number of nitrogens with one attached hydrogen (secondary N) is 1. The van der Waals surface area contributed by atoms with Crippen molar-refractivity contribution in [3.05, 3.63) is 53.6 Å². The van der Waals surface area contributed by atoms with Crippen molar-refractivity contribution >= 4 is 5.91 Å². The van der Waals surface area contributed by atoms with Gasteiger partial charge in [0.05, 0.1) is 30.9 Å². The number of amides is 1. The van der Waals surface area contributed by atoms with Gasteiger partial charge in [-0.1, -0.05) is 19.9 Å². The van der Waals surface area contributed by atoms with Crippen molar-refractivity contribution in [2.24, 2.45) is 5.92 Å². The summed E-state index contributed by atoms with van der Waals surface area (Å²) in [6, 6.07) is 14.3. The summed E-state index contributed by atoms with van der Waals surface area (Å²) in [5, 5.41) is 11.9. The molecule has 6 nitrogen and oxygen atoms in total. The van der Waals surface area contributed by atoms with Crippen LogP contribution in [0.5, 0.6) is 17.2 Å². The van der Waals surface area contributed by atoms with Gasteiger partial charge in [-0.05, 0) is 47.9 Å². The molecule has 1 heterocycles. The fourth-order valence-electron chi connectivity index (χ4n) is 3.00. The van der Waals surface area contributed by atoms with Crippen molar-refractivity contribution < 1.29 is 19.0 Å². The van der Waals surface area contributed by atoms with E-state index in [9.17, 15) is 4.79 Å². The monoisotopic (exact) mass is 380 g/mol. The predicted molar refractivity (Wildman–Crippen MR) is 104 cm³/mol. The Kier molecular flexibility index (Phi) is 6.38. The van der Waals surface area contributed by atoms with E-state index in [4.69, 9.17) is 19.5 Å². The van der Waals surface area contributed by atoms with Crippen LogP contribution in [0.3, 0.4) is 0 Å². The van der Waals surface area contributed by atoms with Crippen LogP contribution in [-0.2, 0) is 4.79 Å². The van der Waals surface area contributed by atoms with Crippen LogP contribution in [0.2, 0.25) is 0 Å². The molecule has 1 atom stereocenters. The van der Waals surface area contributed by atoms with E-state index in [2.05, 4.69) is 19.2 Å². The lowest BCUT2D eigenvalue weighted by atomic mass is 9.95. The molecule has 28 heavy (non-hydrogen) atoms. The summed E-state index contributed by atoms with van der Waals surface area (Å²) in [5.74, 6) is 1.97. The fourth-order valence-corrected chi connectivity index (χ4v) is 3.00. The van der Waals surface area contributed by atoms with Crippen LogP contribution in [0, 0.1) is 17.2 Å². The van der Waals surface area contributed by atoms with Crippen LogP contribution in [0.15, 0.2) is 42.5 Å². The molecule has 6 heteroatoms. The first kappa shape index (κ1) is 19.6. The highest BCUT2D eigenvalue weighted by Gasteiger charge is 2.21. The van der Waals surface area contributed by atoms with Crippen molar-refractivity contribution in [1.29, 1.82) is 5.26 Å². The number of carbonyl (C=O) groups is 1. The zero-order valence-electron chi connectivity index (χ0n) is 16.1. The summed E-state index contributed by atoms with van der Waals surface area (Å²) in [6.45, 7) is 5.27. The van der Waals surface area contributed by atoms with E-state index in [1.165, 1.54) is 0 Å². The summed E-state index contributed by atoms with van der Waals surface area (Å²) in [7, 11) is 0. The maximum Gasteiger partial charge on any atom is 0.258 e.